The van der Waals surface area contributed by atoms with Crippen LogP contribution in [-0.4, -0.2) is 22.4 Å². The Bertz CT molecular complexity index is 99.1. The topological polar surface area (TPSA) is 66.4 Å². The summed E-state index contributed by atoms with van der Waals surface area (Å²) in [5.74, 6) is 0. The number of halogens is 1. The van der Waals surface area contributed by atoms with Crippen LogP contribution >= 0.6 is 15.9 Å². The SMILES string of the molecule is O=C(Br)CNC(=O)O. The van der Waals surface area contributed by atoms with Gasteiger partial charge in [0.15, 0.2) is 0 Å². The van der Waals surface area contributed by atoms with E-state index in [1.807, 2.05) is 5.32 Å². The van der Waals surface area contributed by atoms with Gasteiger partial charge in [0.1, 0.15) is 0 Å². The van der Waals surface area contributed by atoms with E-state index in [-0.39, 0.29) is 11.2 Å². The summed E-state index contributed by atoms with van der Waals surface area (Å²) in [6, 6.07) is 0. The van der Waals surface area contributed by atoms with Gasteiger partial charge in [0.05, 0.1) is 6.54 Å². The Morgan fingerprint density at radius 1 is 1.62 bits per heavy atom. The molecule has 0 atom stereocenters. The summed E-state index contributed by atoms with van der Waals surface area (Å²) in [4.78, 5) is 19.6. The molecule has 0 bridgehead atoms. The summed E-state index contributed by atoms with van der Waals surface area (Å²) in [7, 11) is 0. The number of carbonyl (C=O) groups is 2. The highest BCUT2D eigenvalue weighted by Gasteiger charge is 1.96. The van der Waals surface area contributed by atoms with Crippen molar-refractivity contribution in [2.45, 2.75) is 0 Å². The summed E-state index contributed by atoms with van der Waals surface area (Å²) in [5.41, 5.74) is 0. The zero-order valence-corrected chi connectivity index (χ0v) is 5.43. The van der Waals surface area contributed by atoms with Crippen LogP contribution in [0.25, 0.3) is 0 Å². The Morgan fingerprint density at radius 2 is 2.12 bits per heavy atom. The molecule has 0 heterocycles. The van der Waals surface area contributed by atoms with Crippen LogP contribution in [-0.2, 0) is 4.79 Å². The van der Waals surface area contributed by atoms with Crippen LogP contribution < -0.4 is 5.32 Å². The van der Waals surface area contributed by atoms with Gasteiger partial charge in [0.2, 0.25) is 4.69 Å². The molecule has 8 heavy (non-hydrogen) atoms. The predicted octanol–water partition coefficient (Wildman–Crippen LogP) is 0.175. The van der Waals surface area contributed by atoms with Gasteiger partial charge in [-0.3, -0.25) is 4.79 Å². The first-order valence-electron chi connectivity index (χ1n) is 1.78. The van der Waals surface area contributed by atoms with Crippen molar-refractivity contribution in [3.05, 3.63) is 0 Å². The third-order valence-corrected chi connectivity index (χ3v) is 0.659. The zero-order valence-electron chi connectivity index (χ0n) is 3.85. The Balaban J connectivity index is 3.18. The fourth-order valence-electron chi connectivity index (χ4n) is 0.145. The molecule has 0 saturated carbocycles. The number of nitrogens with one attached hydrogen (secondary N) is 1. The van der Waals surface area contributed by atoms with Gasteiger partial charge in [0, 0.05) is 0 Å². The van der Waals surface area contributed by atoms with Crippen molar-refractivity contribution in [2.75, 3.05) is 6.54 Å². The minimum absolute atomic E-state index is 0.185. The van der Waals surface area contributed by atoms with E-state index in [0.717, 1.165) is 0 Å². The number of rotatable bonds is 2. The van der Waals surface area contributed by atoms with Gasteiger partial charge in [0.25, 0.3) is 0 Å². The van der Waals surface area contributed by atoms with Crippen molar-refractivity contribution in [3.8, 4) is 0 Å². The summed E-state index contributed by atoms with van der Waals surface area (Å²) in [5, 5.41) is 9.74. The molecule has 0 aromatic heterocycles. The fourth-order valence-corrected chi connectivity index (χ4v) is 0.285. The van der Waals surface area contributed by atoms with Crippen molar-refractivity contribution >= 4 is 26.7 Å². The average molecular weight is 182 g/mol. The van der Waals surface area contributed by atoms with Crippen molar-refractivity contribution in [2.24, 2.45) is 0 Å². The maximum atomic E-state index is 9.94. The lowest BCUT2D eigenvalue weighted by atomic mass is 10.7. The third-order valence-electron chi connectivity index (χ3n) is 0.379. The largest absolute Gasteiger partial charge is 0.465 e. The average Bonchev–Trinajstić information content (AvgIpc) is 1.61. The second-order valence-corrected chi connectivity index (χ2v) is 1.90. The normalized spacial score (nSPS) is 8.12. The van der Waals surface area contributed by atoms with Crippen LogP contribution in [0.1, 0.15) is 0 Å². The van der Waals surface area contributed by atoms with Crippen LogP contribution in [0.15, 0.2) is 0 Å². The van der Waals surface area contributed by atoms with E-state index in [2.05, 4.69) is 15.9 Å². The molecule has 0 fully saturated rings. The molecule has 46 valence electrons. The van der Waals surface area contributed by atoms with E-state index in [1.165, 1.54) is 0 Å². The first kappa shape index (κ1) is 7.42. The number of carbonyl (C=O) groups excluding carboxylic acids is 1. The predicted molar refractivity (Wildman–Crippen MR) is 30.0 cm³/mol. The standard InChI is InChI=1S/C3H4BrNO3/c4-2(6)1-5-3(7)8/h5H,1H2,(H,7,8). The van der Waals surface area contributed by atoms with Crippen LogP contribution in [0.2, 0.25) is 0 Å². The molecular formula is C3H4BrNO3. The Labute approximate surface area is 54.0 Å². The highest BCUT2D eigenvalue weighted by molar-refractivity contribution is 9.18. The van der Waals surface area contributed by atoms with Crippen molar-refractivity contribution in [1.82, 2.24) is 5.32 Å². The smallest absolute Gasteiger partial charge is 0.405 e. The van der Waals surface area contributed by atoms with Crippen LogP contribution in [0.3, 0.4) is 0 Å². The van der Waals surface area contributed by atoms with Gasteiger partial charge < -0.3 is 10.4 Å². The summed E-state index contributed by atoms with van der Waals surface area (Å²) in [6.45, 7) is -0.185. The minimum Gasteiger partial charge on any atom is -0.465 e. The van der Waals surface area contributed by atoms with E-state index in [1.54, 1.807) is 0 Å². The lowest BCUT2D eigenvalue weighted by Crippen LogP contribution is -2.25. The number of amides is 1. The lowest BCUT2D eigenvalue weighted by molar-refractivity contribution is -0.109. The summed E-state index contributed by atoms with van der Waals surface area (Å²) in [6.07, 6.45) is -1.20. The second kappa shape index (κ2) is 3.43. The Morgan fingerprint density at radius 3 is 2.25 bits per heavy atom. The maximum Gasteiger partial charge on any atom is 0.405 e. The zero-order chi connectivity index (χ0) is 6.57. The maximum absolute atomic E-state index is 9.94. The molecule has 0 aliphatic carbocycles. The van der Waals surface area contributed by atoms with E-state index < -0.39 is 6.09 Å². The van der Waals surface area contributed by atoms with E-state index >= 15 is 0 Å². The van der Waals surface area contributed by atoms with E-state index in [9.17, 15) is 9.59 Å². The molecule has 0 aromatic rings. The molecule has 2 N–H and O–H groups in total. The molecular weight excluding hydrogens is 178 g/mol. The lowest BCUT2D eigenvalue weighted by Gasteiger charge is -1.90. The van der Waals surface area contributed by atoms with Gasteiger partial charge in [-0.25, -0.2) is 4.79 Å². The molecule has 0 rings (SSSR count). The van der Waals surface area contributed by atoms with Crippen LogP contribution in [0.5, 0.6) is 0 Å². The Kier molecular flexibility index (Phi) is 3.18. The highest BCUT2D eigenvalue weighted by Crippen LogP contribution is 1.78. The first-order chi connectivity index (χ1) is 3.63. The van der Waals surface area contributed by atoms with Crippen LogP contribution in [0, 0.1) is 0 Å². The molecule has 0 spiro atoms. The van der Waals surface area contributed by atoms with Crippen molar-refractivity contribution in [3.63, 3.8) is 0 Å². The summed E-state index contributed by atoms with van der Waals surface area (Å²) < 4.78 is -0.375. The monoisotopic (exact) mass is 181 g/mol. The quantitative estimate of drug-likeness (QED) is 0.598. The number of hydrogen-bond donors (Lipinski definition) is 2. The molecule has 0 aromatic carbocycles. The summed E-state index contributed by atoms with van der Waals surface area (Å²) >= 11 is 2.54. The molecule has 0 saturated heterocycles. The van der Waals surface area contributed by atoms with Gasteiger partial charge in [-0.15, -0.1) is 0 Å². The molecule has 0 aliphatic rings. The molecule has 5 heteroatoms. The van der Waals surface area contributed by atoms with Gasteiger partial charge in [-0.2, -0.15) is 0 Å². The second-order valence-electron chi connectivity index (χ2n) is 1.01. The molecule has 4 nitrogen and oxygen atoms in total. The van der Waals surface area contributed by atoms with E-state index in [4.69, 9.17) is 5.11 Å². The minimum atomic E-state index is -1.20. The number of carboxylic acid groups (broad SMARTS) is 1. The van der Waals surface area contributed by atoms with Gasteiger partial charge in [-0.05, 0) is 15.9 Å². The molecule has 0 aliphatic heterocycles. The Hall–Kier alpha value is -0.580. The van der Waals surface area contributed by atoms with Crippen molar-refractivity contribution < 1.29 is 14.7 Å². The van der Waals surface area contributed by atoms with Crippen LogP contribution in [0.4, 0.5) is 4.79 Å². The molecule has 0 unspecified atom stereocenters. The van der Waals surface area contributed by atoms with Gasteiger partial charge in [-0.1, -0.05) is 0 Å². The molecule has 0 radical (unpaired) electrons. The first-order valence-corrected chi connectivity index (χ1v) is 2.57. The van der Waals surface area contributed by atoms with E-state index in [0.29, 0.717) is 0 Å². The number of hydrogen-bond acceptors (Lipinski definition) is 2. The molecule has 1 amide bonds. The van der Waals surface area contributed by atoms with Gasteiger partial charge >= 0.3 is 6.09 Å². The fraction of sp³-hybridized carbons (Fsp3) is 0.333. The third kappa shape index (κ3) is 5.42. The van der Waals surface area contributed by atoms with Crippen molar-refractivity contribution in [1.29, 1.82) is 0 Å². The highest BCUT2D eigenvalue weighted by atomic mass is 79.9.